The van der Waals surface area contributed by atoms with Crippen molar-refractivity contribution in [1.82, 2.24) is 4.14 Å². The standard InChI is InChI=1S/C12H30BCl2NSi2/c1-7-17(8-2,9-3)16(13(14)15)18(10-4,11-5)12-6/h7-12H2,1-6H3. The molecule has 0 aliphatic heterocycles. The molecule has 0 atom stereocenters. The minimum atomic E-state index is -1.48. The van der Waals surface area contributed by atoms with Gasteiger partial charge in [-0.15, -0.1) is 0 Å². The molecule has 18 heavy (non-hydrogen) atoms. The zero-order valence-corrected chi connectivity index (χ0v) is 16.5. The molecule has 0 aliphatic rings. The van der Waals surface area contributed by atoms with Crippen LogP contribution in [-0.2, 0) is 0 Å². The van der Waals surface area contributed by atoms with Gasteiger partial charge in [0.2, 0.25) is 0 Å². The Bertz CT molecular complexity index is 198. The Morgan fingerprint density at radius 2 is 0.889 bits per heavy atom. The minimum Gasteiger partial charge on any atom is -0.359 e. The average molecular weight is 326 g/mol. The van der Waals surface area contributed by atoms with Crippen LogP contribution in [0.15, 0.2) is 0 Å². The molecule has 0 radical (unpaired) electrons. The topological polar surface area (TPSA) is 3.24 Å². The molecule has 108 valence electrons. The fourth-order valence-corrected chi connectivity index (χ4v) is 18.7. The highest BCUT2D eigenvalue weighted by molar-refractivity contribution is 7.37. The van der Waals surface area contributed by atoms with Crippen LogP contribution in [-0.4, -0.2) is 26.3 Å². The molecule has 0 aliphatic carbocycles. The first-order valence-corrected chi connectivity index (χ1v) is 13.5. The molecule has 6 heteroatoms. The summed E-state index contributed by atoms with van der Waals surface area (Å²) in [6.45, 7) is 14.0. The van der Waals surface area contributed by atoms with Crippen molar-refractivity contribution in [3.05, 3.63) is 0 Å². The van der Waals surface area contributed by atoms with Gasteiger partial charge in [-0.05, 0) is 36.3 Å². The van der Waals surface area contributed by atoms with Crippen LogP contribution in [0.1, 0.15) is 41.5 Å². The molecule has 0 N–H and O–H groups in total. The lowest BCUT2D eigenvalue weighted by atomic mass is 10.4. The third kappa shape index (κ3) is 3.57. The van der Waals surface area contributed by atoms with Gasteiger partial charge in [-0.2, -0.15) is 22.9 Å². The fourth-order valence-electron chi connectivity index (χ4n) is 3.44. The number of hydrogen-bond donors (Lipinski definition) is 0. The Kier molecular flexibility index (Phi) is 8.84. The van der Waals surface area contributed by atoms with Crippen molar-refractivity contribution in [3.8, 4) is 0 Å². The first kappa shape index (κ1) is 19.0. The van der Waals surface area contributed by atoms with Gasteiger partial charge in [0.05, 0.1) is 0 Å². The van der Waals surface area contributed by atoms with E-state index in [0.29, 0.717) is 0 Å². The van der Waals surface area contributed by atoms with Gasteiger partial charge < -0.3 is 4.14 Å². The maximum atomic E-state index is 6.45. The van der Waals surface area contributed by atoms with E-state index in [0.717, 1.165) is 0 Å². The Morgan fingerprint density at radius 1 is 0.667 bits per heavy atom. The fraction of sp³-hybridized carbons (Fsp3) is 1.00. The molecule has 0 unspecified atom stereocenters. The Hall–Kier alpha value is 1.04. The smallest absolute Gasteiger partial charge is 0.359 e. The van der Waals surface area contributed by atoms with E-state index in [1.165, 1.54) is 36.3 Å². The third-order valence-electron chi connectivity index (χ3n) is 5.17. The zero-order chi connectivity index (χ0) is 14.4. The lowest BCUT2D eigenvalue weighted by molar-refractivity contribution is 0.833. The highest BCUT2D eigenvalue weighted by atomic mass is 35.5. The van der Waals surface area contributed by atoms with Gasteiger partial charge in [-0.3, -0.25) is 0 Å². The summed E-state index contributed by atoms with van der Waals surface area (Å²) in [6.07, 6.45) is 0. The highest BCUT2D eigenvalue weighted by Gasteiger charge is 2.49. The summed E-state index contributed by atoms with van der Waals surface area (Å²) in [6, 6.07) is 7.61. The average Bonchev–Trinajstić information content (AvgIpc) is 2.40. The van der Waals surface area contributed by atoms with E-state index in [-0.39, 0.29) is 5.68 Å². The number of rotatable bonds is 9. The Morgan fingerprint density at radius 3 is 1.00 bits per heavy atom. The SMILES string of the molecule is CC[Si](CC)(CC)N(B(Cl)Cl)[Si](CC)(CC)CC. The van der Waals surface area contributed by atoms with E-state index in [1.54, 1.807) is 0 Å². The van der Waals surface area contributed by atoms with Gasteiger partial charge in [0, 0.05) is 0 Å². The molecule has 0 aromatic heterocycles. The maximum Gasteiger partial charge on any atom is 0.421 e. The van der Waals surface area contributed by atoms with Crippen molar-refractivity contribution in [2.24, 2.45) is 0 Å². The predicted molar refractivity (Wildman–Crippen MR) is 93.7 cm³/mol. The molecule has 0 spiro atoms. The Labute approximate surface area is 127 Å². The monoisotopic (exact) mass is 325 g/mol. The predicted octanol–water partition coefficient (Wildman–Crippen LogP) is 5.76. The van der Waals surface area contributed by atoms with Crippen LogP contribution in [0, 0.1) is 0 Å². The van der Waals surface area contributed by atoms with Crippen LogP contribution in [0.4, 0.5) is 0 Å². The van der Waals surface area contributed by atoms with Crippen LogP contribution < -0.4 is 0 Å². The lowest BCUT2D eigenvalue weighted by Gasteiger charge is -2.52. The zero-order valence-electron chi connectivity index (χ0n) is 13.0. The summed E-state index contributed by atoms with van der Waals surface area (Å²) in [4.78, 5) is 0. The van der Waals surface area contributed by atoms with Gasteiger partial charge in [0.1, 0.15) is 16.5 Å². The number of halogens is 2. The molecule has 0 saturated carbocycles. The maximum absolute atomic E-state index is 6.45. The summed E-state index contributed by atoms with van der Waals surface area (Å²) in [5, 5.41) is 0. The van der Waals surface area contributed by atoms with Crippen LogP contribution in [0.25, 0.3) is 0 Å². The molecule has 0 aromatic rings. The second-order valence-corrected chi connectivity index (χ2v) is 16.8. The molecule has 0 aromatic carbocycles. The van der Waals surface area contributed by atoms with Gasteiger partial charge in [-0.1, -0.05) is 41.5 Å². The highest BCUT2D eigenvalue weighted by Crippen LogP contribution is 2.38. The number of hydrogen-bond acceptors (Lipinski definition) is 1. The second kappa shape index (κ2) is 8.35. The summed E-state index contributed by atoms with van der Waals surface area (Å²) in [7, 11) is -2.95. The molecule has 0 amide bonds. The molecular formula is C12H30BCl2NSi2. The van der Waals surface area contributed by atoms with Crippen molar-refractivity contribution in [3.63, 3.8) is 0 Å². The van der Waals surface area contributed by atoms with Crippen LogP contribution >= 0.6 is 22.9 Å². The summed E-state index contributed by atoms with van der Waals surface area (Å²) in [5.41, 5.74) is -0.303. The minimum absolute atomic E-state index is 0.303. The van der Waals surface area contributed by atoms with Gasteiger partial charge in [-0.25, -0.2) is 0 Å². The second-order valence-electron chi connectivity index (χ2n) is 5.22. The molecule has 0 heterocycles. The van der Waals surface area contributed by atoms with Gasteiger partial charge >= 0.3 is 5.68 Å². The number of nitrogens with zero attached hydrogens (tertiary/aromatic N) is 1. The van der Waals surface area contributed by atoms with Crippen LogP contribution in [0.2, 0.25) is 36.3 Å². The Balaban J connectivity index is 5.65. The molecule has 0 rings (SSSR count). The van der Waals surface area contributed by atoms with E-state index in [9.17, 15) is 0 Å². The van der Waals surface area contributed by atoms with E-state index in [1.807, 2.05) is 0 Å². The molecule has 1 nitrogen and oxygen atoms in total. The van der Waals surface area contributed by atoms with Crippen LogP contribution in [0.3, 0.4) is 0 Å². The molecule has 0 fully saturated rings. The first-order valence-electron chi connectivity index (χ1n) is 7.51. The van der Waals surface area contributed by atoms with Crippen molar-refractivity contribution >= 4 is 45.1 Å². The van der Waals surface area contributed by atoms with E-state index < -0.39 is 16.5 Å². The first-order chi connectivity index (χ1) is 8.43. The van der Waals surface area contributed by atoms with E-state index in [2.05, 4.69) is 45.7 Å². The quantitative estimate of drug-likeness (QED) is 0.487. The molecular weight excluding hydrogens is 296 g/mol. The van der Waals surface area contributed by atoms with Gasteiger partial charge in [0.15, 0.2) is 0 Å². The summed E-state index contributed by atoms with van der Waals surface area (Å²) < 4.78 is 2.68. The normalized spacial score (nSPS) is 13.2. The summed E-state index contributed by atoms with van der Waals surface area (Å²) in [5.74, 6) is 0. The van der Waals surface area contributed by atoms with Crippen molar-refractivity contribution < 1.29 is 0 Å². The van der Waals surface area contributed by atoms with Crippen molar-refractivity contribution in [2.45, 2.75) is 77.8 Å². The third-order valence-corrected chi connectivity index (χ3v) is 19.5. The van der Waals surface area contributed by atoms with Gasteiger partial charge in [0.25, 0.3) is 0 Å². The lowest BCUT2D eigenvalue weighted by Crippen LogP contribution is -2.68. The van der Waals surface area contributed by atoms with Crippen molar-refractivity contribution in [1.29, 1.82) is 0 Å². The summed E-state index contributed by atoms with van der Waals surface area (Å²) >= 11 is 12.9. The molecule has 0 saturated heterocycles. The van der Waals surface area contributed by atoms with Crippen LogP contribution in [0.5, 0.6) is 0 Å². The van der Waals surface area contributed by atoms with E-state index >= 15 is 0 Å². The molecule has 0 bridgehead atoms. The van der Waals surface area contributed by atoms with Crippen molar-refractivity contribution in [2.75, 3.05) is 0 Å². The largest absolute Gasteiger partial charge is 0.421 e. The van der Waals surface area contributed by atoms with E-state index in [4.69, 9.17) is 22.9 Å².